The number of benzene rings is 1. The van der Waals surface area contributed by atoms with Gasteiger partial charge in [-0.1, -0.05) is 0 Å². The van der Waals surface area contributed by atoms with Gasteiger partial charge in [0.25, 0.3) is 11.8 Å². The molecule has 1 N–H and O–H groups in total. The van der Waals surface area contributed by atoms with E-state index in [0.717, 1.165) is 9.80 Å². The monoisotopic (exact) mass is 399 g/mol. The summed E-state index contributed by atoms with van der Waals surface area (Å²) in [6.07, 6.45) is 3.09. The maximum absolute atomic E-state index is 12.5. The van der Waals surface area contributed by atoms with Crippen LogP contribution in [0.2, 0.25) is 0 Å². The molecule has 0 unspecified atom stereocenters. The Bertz CT molecular complexity index is 939. The minimum absolute atomic E-state index is 0.0554. The first-order chi connectivity index (χ1) is 13.3. The van der Waals surface area contributed by atoms with Gasteiger partial charge in [0, 0.05) is 32.2 Å². The molecule has 0 spiro atoms. The van der Waals surface area contributed by atoms with E-state index in [0.29, 0.717) is 23.0 Å². The second kappa shape index (κ2) is 7.69. The molecular formula is C18H17N5O4S. The number of nitrogens with zero attached hydrogens (tertiary/aromatic N) is 4. The Morgan fingerprint density at radius 2 is 1.64 bits per heavy atom. The fourth-order valence-electron chi connectivity index (χ4n) is 2.56. The summed E-state index contributed by atoms with van der Waals surface area (Å²) in [7, 11) is 2.85. The maximum Gasteiger partial charge on any atom is 0.250 e. The Balaban J connectivity index is 1.71. The number of thiocarbonyl (C=S) groups is 1. The Morgan fingerprint density at radius 1 is 1.07 bits per heavy atom. The van der Waals surface area contributed by atoms with Gasteiger partial charge in [-0.15, -0.1) is 0 Å². The van der Waals surface area contributed by atoms with Crippen molar-refractivity contribution in [3.63, 3.8) is 0 Å². The highest BCUT2D eigenvalue weighted by Crippen LogP contribution is 2.24. The van der Waals surface area contributed by atoms with Crippen LogP contribution in [-0.2, 0) is 14.4 Å². The van der Waals surface area contributed by atoms with E-state index in [1.165, 1.54) is 20.3 Å². The predicted molar refractivity (Wildman–Crippen MR) is 104 cm³/mol. The van der Waals surface area contributed by atoms with E-state index in [-0.39, 0.29) is 5.11 Å². The van der Waals surface area contributed by atoms with E-state index in [1.807, 2.05) is 0 Å². The molecule has 1 aliphatic rings. The van der Waals surface area contributed by atoms with E-state index in [4.69, 9.17) is 17.0 Å². The second-order valence-corrected chi connectivity index (χ2v) is 6.44. The van der Waals surface area contributed by atoms with Gasteiger partial charge in [0.05, 0.1) is 5.69 Å². The molecule has 2 aromatic rings. The number of hydrogen-bond donors (Lipinski definition) is 1. The van der Waals surface area contributed by atoms with Crippen LogP contribution < -0.4 is 10.1 Å². The lowest BCUT2D eigenvalue weighted by Gasteiger charge is -2.34. The van der Waals surface area contributed by atoms with Gasteiger partial charge in [-0.3, -0.25) is 29.2 Å². The number of nitrogens with one attached hydrogen (secondary N) is 1. The molecule has 1 aromatic carbocycles. The molecule has 3 amide bonds. The Hall–Kier alpha value is -3.40. The summed E-state index contributed by atoms with van der Waals surface area (Å²) in [4.78, 5) is 47.5. The first-order valence-corrected chi connectivity index (χ1v) is 8.66. The molecule has 0 bridgehead atoms. The van der Waals surface area contributed by atoms with Crippen molar-refractivity contribution < 1.29 is 19.1 Å². The average Bonchev–Trinajstić information content (AvgIpc) is 2.68. The largest absolute Gasteiger partial charge is 0.437 e. The third-order valence-corrected chi connectivity index (χ3v) is 4.71. The highest BCUT2D eigenvalue weighted by atomic mass is 32.1. The van der Waals surface area contributed by atoms with Crippen LogP contribution in [0.25, 0.3) is 0 Å². The summed E-state index contributed by atoms with van der Waals surface area (Å²) in [5.74, 6) is -2.67. The second-order valence-electron chi connectivity index (χ2n) is 6.07. The third-order valence-electron chi connectivity index (χ3n) is 4.16. The van der Waals surface area contributed by atoms with Crippen molar-refractivity contribution in [1.29, 1.82) is 0 Å². The number of aromatic nitrogens is 2. The lowest BCUT2D eigenvalue weighted by atomic mass is 10.0. The number of ether oxygens (including phenoxy) is 1. The zero-order valence-corrected chi connectivity index (χ0v) is 16.2. The van der Waals surface area contributed by atoms with Crippen molar-refractivity contribution in [2.24, 2.45) is 5.92 Å². The number of anilines is 1. The topological polar surface area (TPSA) is 105 Å². The zero-order chi connectivity index (χ0) is 20.4. The minimum Gasteiger partial charge on any atom is -0.437 e. The Kier molecular flexibility index (Phi) is 5.32. The first-order valence-electron chi connectivity index (χ1n) is 8.25. The molecule has 2 heterocycles. The van der Waals surface area contributed by atoms with Crippen LogP contribution in [-0.4, -0.2) is 56.7 Å². The number of rotatable bonds is 4. The smallest absolute Gasteiger partial charge is 0.250 e. The molecule has 10 heteroatoms. The maximum atomic E-state index is 12.5. The Labute approximate surface area is 166 Å². The molecule has 9 nitrogen and oxygen atoms in total. The normalized spacial score (nSPS) is 15.0. The van der Waals surface area contributed by atoms with Crippen LogP contribution in [0.15, 0.2) is 36.7 Å². The van der Waals surface area contributed by atoms with Crippen molar-refractivity contribution in [3.05, 3.63) is 42.4 Å². The fourth-order valence-corrected chi connectivity index (χ4v) is 2.74. The van der Waals surface area contributed by atoms with Gasteiger partial charge in [0.2, 0.25) is 11.8 Å². The van der Waals surface area contributed by atoms with E-state index >= 15 is 0 Å². The van der Waals surface area contributed by atoms with Crippen molar-refractivity contribution in [2.45, 2.75) is 6.92 Å². The van der Waals surface area contributed by atoms with Crippen molar-refractivity contribution in [1.82, 2.24) is 19.8 Å². The van der Waals surface area contributed by atoms with Gasteiger partial charge in [0.1, 0.15) is 5.75 Å². The van der Waals surface area contributed by atoms with E-state index in [9.17, 15) is 14.4 Å². The lowest BCUT2D eigenvalue weighted by molar-refractivity contribution is -0.149. The van der Waals surface area contributed by atoms with Gasteiger partial charge in [-0.25, -0.2) is 4.98 Å². The van der Waals surface area contributed by atoms with Crippen LogP contribution in [0.5, 0.6) is 11.6 Å². The highest BCUT2D eigenvalue weighted by Gasteiger charge is 2.44. The van der Waals surface area contributed by atoms with E-state index in [1.54, 1.807) is 37.4 Å². The number of amides is 3. The summed E-state index contributed by atoms with van der Waals surface area (Å²) < 4.78 is 5.64. The molecule has 0 aliphatic carbocycles. The molecule has 1 aromatic heterocycles. The molecule has 0 saturated carbocycles. The van der Waals surface area contributed by atoms with Gasteiger partial charge >= 0.3 is 0 Å². The number of carbonyl (C=O) groups is 3. The summed E-state index contributed by atoms with van der Waals surface area (Å²) in [6.45, 7) is 1.77. The van der Waals surface area contributed by atoms with E-state index < -0.39 is 23.6 Å². The third kappa shape index (κ3) is 3.67. The average molecular weight is 399 g/mol. The molecule has 1 fully saturated rings. The lowest BCUT2D eigenvalue weighted by Crippen LogP contribution is -2.59. The zero-order valence-electron chi connectivity index (χ0n) is 15.4. The highest BCUT2D eigenvalue weighted by molar-refractivity contribution is 7.80. The molecular weight excluding hydrogens is 382 g/mol. The Morgan fingerprint density at radius 3 is 2.21 bits per heavy atom. The van der Waals surface area contributed by atoms with E-state index in [2.05, 4.69) is 15.3 Å². The van der Waals surface area contributed by atoms with Crippen molar-refractivity contribution in [3.8, 4) is 11.6 Å². The van der Waals surface area contributed by atoms with Gasteiger partial charge in [0.15, 0.2) is 11.0 Å². The van der Waals surface area contributed by atoms with Crippen LogP contribution >= 0.6 is 12.2 Å². The van der Waals surface area contributed by atoms with Gasteiger partial charge in [-0.05, 0) is 43.4 Å². The van der Waals surface area contributed by atoms with Crippen LogP contribution in [0.1, 0.15) is 5.69 Å². The summed E-state index contributed by atoms with van der Waals surface area (Å²) in [5, 5.41) is 2.63. The van der Waals surface area contributed by atoms with Crippen LogP contribution in [0, 0.1) is 12.8 Å². The number of carbonyl (C=O) groups excluding carboxylic acids is 3. The van der Waals surface area contributed by atoms with Crippen LogP contribution in [0.4, 0.5) is 5.69 Å². The summed E-state index contributed by atoms with van der Waals surface area (Å²) in [5.41, 5.74) is 1.05. The van der Waals surface area contributed by atoms with Gasteiger partial charge < -0.3 is 10.1 Å². The quantitative estimate of drug-likeness (QED) is 0.611. The predicted octanol–water partition coefficient (Wildman–Crippen LogP) is 1.35. The SMILES string of the molecule is Cc1nccnc1Oc1ccc(NC(=O)C2C(=O)N(C)C(=S)N(C)C2=O)cc1. The molecule has 0 atom stereocenters. The summed E-state index contributed by atoms with van der Waals surface area (Å²) in [6, 6.07) is 6.44. The minimum atomic E-state index is -1.49. The molecule has 3 rings (SSSR count). The number of hydrogen-bond acceptors (Lipinski definition) is 7. The molecule has 1 aliphatic heterocycles. The first kappa shape index (κ1) is 19.4. The molecule has 144 valence electrons. The number of aryl methyl sites for hydroxylation is 1. The molecule has 0 radical (unpaired) electrons. The van der Waals surface area contributed by atoms with Crippen molar-refractivity contribution in [2.75, 3.05) is 19.4 Å². The molecule has 1 saturated heterocycles. The van der Waals surface area contributed by atoms with Crippen LogP contribution in [0.3, 0.4) is 0 Å². The van der Waals surface area contributed by atoms with Crippen molar-refractivity contribution >= 4 is 40.7 Å². The van der Waals surface area contributed by atoms with Gasteiger partial charge in [-0.2, -0.15) is 0 Å². The molecule has 28 heavy (non-hydrogen) atoms. The fraction of sp³-hybridized carbons (Fsp3) is 0.222. The standard InChI is InChI=1S/C18H17N5O4S/c1-10-15(20-9-8-19-10)27-12-6-4-11(5-7-12)21-14(24)13-16(25)22(2)18(28)23(3)17(13)26/h4-9,13H,1-3H3,(H,21,24). The summed E-state index contributed by atoms with van der Waals surface area (Å²) >= 11 is 5.01.